The van der Waals surface area contributed by atoms with Crippen LogP contribution in [0.4, 0.5) is 0 Å². The van der Waals surface area contributed by atoms with Crippen molar-refractivity contribution in [2.45, 2.75) is 19.9 Å². The molecule has 1 heterocycles. The van der Waals surface area contributed by atoms with Crippen LogP contribution in [0.5, 0.6) is 11.6 Å². The highest BCUT2D eigenvalue weighted by molar-refractivity contribution is 6.34. The molecule has 2 rings (SSSR count). The lowest BCUT2D eigenvalue weighted by molar-refractivity contribution is 0.462. The zero-order valence-corrected chi connectivity index (χ0v) is 13.8. The van der Waals surface area contributed by atoms with Crippen molar-refractivity contribution < 1.29 is 4.74 Å². The summed E-state index contributed by atoms with van der Waals surface area (Å²) in [6.07, 6.45) is 2.63. The van der Waals surface area contributed by atoms with Gasteiger partial charge in [0.1, 0.15) is 5.75 Å². The van der Waals surface area contributed by atoms with E-state index < -0.39 is 0 Å². The van der Waals surface area contributed by atoms with Gasteiger partial charge in [0.2, 0.25) is 5.88 Å². The summed E-state index contributed by atoms with van der Waals surface area (Å²) < 4.78 is 5.68. The second kappa shape index (κ2) is 7.85. The molecule has 1 aromatic carbocycles. The van der Waals surface area contributed by atoms with Gasteiger partial charge in [0.05, 0.1) is 10.0 Å². The first-order chi connectivity index (χ1) is 10.1. The third-order valence-corrected chi connectivity index (χ3v) is 3.65. The lowest BCUT2D eigenvalue weighted by Gasteiger charge is -2.10. The van der Waals surface area contributed by atoms with Crippen molar-refractivity contribution in [1.29, 1.82) is 0 Å². The van der Waals surface area contributed by atoms with Crippen LogP contribution in [0.1, 0.15) is 18.9 Å². The Bertz CT molecular complexity index is 620. The van der Waals surface area contributed by atoms with Crippen LogP contribution in [0.2, 0.25) is 15.1 Å². The molecule has 0 aliphatic heterocycles. The fourth-order valence-electron chi connectivity index (χ4n) is 1.72. The van der Waals surface area contributed by atoms with Crippen LogP contribution < -0.4 is 10.1 Å². The fourth-order valence-corrected chi connectivity index (χ4v) is 2.21. The Hall–Kier alpha value is -1.00. The SMILES string of the molecule is CCCNCc1cc(Oc2cc(Cl)ccc2Cl)ncc1Cl. The van der Waals surface area contributed by atoms with Crippen LogP contribution in [-0.2, 0) is 6.54 Å². The summed E-state index contributed by atoms with van der Waals surface area (Å²) in [7, 11) is 0. The van der Waals surface area contributed by atoms with Gasteiger partial charge in [-0.2, -0.15) is 0 Å². The number of halogens is 3. The van der Waals surface area contributed by atoms with Crippen molar-refractivity contribution in [3.63, 3.8) is 0 Å². The third kappa shape index (κ3) is 4.75. The number of rotatable bonds is 6. The highest BCUT2D eigenvalue weighted by Crippen LogP contribution is 2.32. The Kier molecular flexibility index (Phi) is 6.12. The number of pyridine rings is 1. The van der Waals surface area contributed by atoms with Crippen LogP contribution in [-0.4, -0.2) is 11.5 Å². The average Bonchev–Trinajstić information content (AvgIpc) is 2.46. The minimum absolute atomic E-state index is 0.428. The molecule has 6 heteroatoms. The monoisotopic (exact) mass is 344 g/mol. The molecule has 2 aromatic rings. The van der Waals surface area contributed by atoms with Crippen molar-refractivity contribution in [3.8, 4) is 11.6 Å². The van der Waals surface area contributed by atoms with E-state index in [2.05, 4.69) is 17.2 Å². The predicted octanol–water partition coefficient (Wildman–Crippen LogP) is 5.33. The molecule has 1 aromatic heterocycles. The van der Waals surface area contributed by atoms with Crippen molar-refractivity contribution in [3.05, 3.63) is 51.1 Å². The molecule has 0 aliphatic rings. The van der Waals surface area contributed by atoms with Gasteiger partial charge in [-0.3, -0.25) is 0 Å². The third-order valence-electron chi connectivity index (χ3n) is 2.76. The smallest absolute Gasteiger partial charge is 0.219 e. The van der Waals surface area contributed by atoms with Crippen LogP contribution >= 0.6 is 34.8 Å². The highest BCUT2D eigenvalue weighted by Gasteiger charge is 2.08. The van der Waals surface area contributed by atoms with Crippen molar-refractivity contribution in [2.75, 3.05) is 6.54 Å². The first-order valence-corrected chi connectivity index (χ1v) is 7.71. The molecule has 0 radical (unpaired) electrons. The number of nitrogens with zero attached hydrogens (tertiary/aromatic N) is 1. The average molecular weight is 346 g/mol. The van der Waals surface area contributed by atoms with Crippen LogP contribution in [0.25, 0.3) is 0 Å². The second-order valence-electron chi connectivity index (χ2n) is 4.47. The maximum Gasteiger partial charge on any atom is 0.219 e. The van der Waals surface area contributed by atoms with E-state index in [0.29, 0.717) is 33.2 Å². The topological polar surface area (TPSA) is 34.1 Å². The molecule has 0 saturated heterocycles. The molecule has 0 spiro atoms. The lowest BCUT2D eigenvalue weighted by Crippen LogP contribution is -2.14. The van der Waals surface area contributed by atoms with E-state index in [9.17, 15) is 0 Å². The Morgan fingerprint density at radius 1 is 1.14 bits per heavy atom. The molecule has 0 atom stereocenters. The summed E-state index contributed by atoms with van der Waals surface area (Å²) in [4.78, 5) is 4.15. The van der Waals surface area contributed by atoms with Gasteiger partial charge in [0, 0.05) is 29.9 Å². The molecule has 0 saturated carbocycles. The first kappa shape index (κ1) is 16.4. The van der Waals surface area contributed by atoms with E-state index in [1.165, 1.54) is 0 Å². The van der Waals surface area contributed by atoms with Gasteiger partial charge < -0.3 is 10.1 Å². The number of ether oxygens (including phenoxy) is 1. The molecule has 0 aliphatic carbocycles. The first-order valence-electron chi connectivity index (χ1n) is 6.58. The van der Waals surface area contributed by atoms with Gasteiger partial charge >= 0.3 is 0 Å². The molecular weight excluding hydrogens is 331 g/mol. The molecule has 0 fully saturated rings. The lowest BCUT2D eigenvalue weighted by atomic mass is 10.2. The number of benzene rings is 1. The van der Waals surface area contributed by atoms with Crippen molar-refractivity contribution in [1.82, 2.24) is 10.3 Å². The Balaban J connectivity index is 2.16. The van der Waals surface area contributed by atoms with Crippen molar-refractivity contribution >= 4 is 34.8 Å². The Labute approximate surface area is 139 Å². The zero-order chi connectivity index (χ0) is 15.2. The van der Waals surface area contributed by atoms with E-state index in [1.807, 2.05) is 0 Å². The molecule has 21 heavy (non-hydrogen) atoms. The van der Waals surface area contributed by atoms with Crippen LogP contribution in [0, 0.1) is 0 Å². The van der Waals surface area contributed by atoms with E-state index >= 15 is 0 Å². The van der Waals surface area contributed by atoms with Crippen LogP contribution in [0.15, 0.2) is 30.5 Å². The molecular formula is C15H15Cl3N2O. The second-order valence-corrected chi connectivity index (χ2v) is 5.72. The van der Waals surface area contributed by atoms with Crippen molar-refractivity contribution in [2.24, 2.45) is 0 Å². The zero-order valence-electron chi connectivity index (χ0n) is 11.5. The maximum absolute atomic E-state index is 6.13. The van der Waals surface area contributed by atoms with E-state index in [1.54, 1.807) is 30.5 Å². The summed E-state index contributed by atoms with van der Waals surface area (Å²) in [6.45, 7) is 3.70. The molecule has 0 bridgehead atoms. The molecule has 112 valence electrons. The number of nitrogens with one attached hydrogen (secondary N) is 1. The number of aromatic nitrogens is 1. The van der Waals surface area contributed by atoms with Gasteiger partial charge in [-0.25, -0.2) is 4.98 Å². The summed E-state index contributed by atoms with van der Waals surface area (Å²) in [6, 6.07) is 6.82. The highest BCUT2D eigenvalue weighted by atomic mass is 35.5. The fraction of sp³-hybridized carbons (Fsp3) is 0.267. The summed E-state index contributed by atoms with van der Waals surface area (Å²) in [5, 5.41) is 4.91. The number of hydrogen-bond donors (Lipinski definition) is 1. The van der Waals surface area contributed by atoms with Gasteiger partial charge in [-0.05, 0) is 30.7 Å². The Morgan fingerprint density at radius 3 is 2.71 bits per heavy atom. The molecule has 3 nitrogen and oxygen atoms in total. The summed E-state index contributed by atoms with van der Waals surface area (Å²) >= 11 is 18.1. The minimum atomic E-state index is 0.428. The van der Waals surface area contributed by atoms with Gasteiger partial charge in [-0.15, -0.1) is 0 Å². The quantitative estimate of drug-likeness (QED) is 0.718. The predicted molar refractivity (Wildman–Crippen MR) is 87.8 cm³/mol. The maximum atomic E-state index is 6.13. The summed E-state index contributed by atoms with van der Waals surface area (Å²) in [5.41, 5.74) is 0.924. The normalized spacial score (nSPS) is 10.7. The summed E-state index contributed by atoms with van der Waals surface area (Å²) in [5.74, 6) is 0.892. The van der Waals surface area contributed by atoms with Gasteiger partial charge in [-0.1, -0.05) is 41.7 Å². The number of hydrogen-bond acceptors (Lipinski definition) is 3. The Morgan fingerprint density at radius 2 is 1.95 bits per heavy atom. The molecule has 1 N–H and O–H groups in total. The molecule has 0 amide bonds. The minimum Gasteiger partial charge on any atom is -0.437 e. The standard InChI is InChI=1S/C15H15Cl3N2O/c1-2-5-19-8-10-6-15(20-9-13(10)18)21-14-7-11(16)3-4-12(14)17/h3-4,6-7,9,19H,2,5,8H2,1H3. The largest absolute Gasteiger partial charge is 0.437 e. The van der Waals surface area contributed by atoms with Gasteiger partial charge in [0.25, 0.3) is 0 Å². The molecule has 0 unspecified atom stereocenters. The van der Waals surface area contributed by atoms with E-state index in [4.69, 9.17) is 39.5 Å². The van der Waals surface area contributed by atoms with E-state index in [0.717, 1.165) is 18.5 Å². The van der Waals surface area contributed by atoms with Gasteiger partial charge in [0.15, 0.2) is 0 Å². The van der Waals surface area contributed by atoms with Crippen LogP contribution in [0.3, 0.4) is 0 Å². The van der Waals surface area contributed by atoms with E-state index in [-0.39, 0.29) is 0 Å².